The minimum Gasteiger partial charge on any atom is -0.289 e. The van der Waals surface area contributed by atoms with Crippen molar-refractivity contribution in [1.29, 1.82) is 0 Å². The van der Waals surface area contributed by atoms with Crippen molar-refractivity contribution in [3.05, 3.63) is 60.2 Å². The molecule has 3 rings (SSSR count). The quantitative estimate of drug-likeness (QED) is 0.624. The van der Waals surface area contributed by atoms with Crippen molar-refractivity contribution in [2.75, 3.05) is 12.3 Å². The van der Waals surface area contributed by atoms with E-state index in [2.05, 4.69) is 34.5 Å². The first-order valence-corrected chi connectivity index (χ1v) is 8.89. The highest BCUT2D eigenvalue weighted by Crippen LogP contribution is 2.21. The fraction of sp³-hybridized carbons (Fsp3) is 0.211. The van der Waals surface area contributed by atoms with Crippen LogP contribution in [0.25, 0.3) is 11.1 Å². The summed E-state index contributed by atoms with van der Waals surface area (Å²) in [6, 6.07) is 18.5. The Morgan fingerprint density at radius 1 is 1.08 bits per heavy atom. The molecular formula is C19H19N3OS. The Balaban J connectivity index is 1.78. The summed E-state index contributed by atoms with van der Waals surface area (Å²) in [5, 5.41) is 9.24. The molecule has 1 fully saturated rings. The van der Waals surface area contributed by atoms with E-state index in [0.717, 1.165) is 11.3 Å². The number of amides is 1. The van der Waals surface area contributed by atoms with Gasteiger partial charge in [0.05, 0.1) is 11.5 Å². The van der Waals surface area contributed by atoms with Crippen molar-refractivity contribution in [2.24, 2.45) is 10.2 Å². The summed E-state index contributed by atoms with van der Waals surface area (Å²) in [5.74, 6) is 0.550. The maximum atomic E-state index is 11.7. The number of thioether (sulfide) groups is 1. The zero-order chi connectivity index (χ0) is 16.9. The van der Waals surface area contributed by atoms with Gasteiger partial charge in [-0.3, -0.25) is 9.69 Å². The number of hydrogen-bond donors (Lipinski definition) is 0. The number of carbonyl (C=O) groups excluding carboxylic acids is 1. The van der Waals surface area contributed by atoms with Crippen LogP contribution >= 0.6 is 11.8 Å². The Kier molecular flexibility index (Phi) is 5.11. The fourth-order valence-electron chi connectivity index (χ4n) is 2.49. The van der Waals surface area contributed by atoms with Crippen molar-refractivity contribution >= 4 is 28.5 Å². The highest BCUT2D eigenvalue weighted by Gasteiger charge is 2.26. The Bertz CT molecular complexity index is 782. The predicted molar refractivity (Wildman–Crippen MR) is 101 cm³/mol. The third-order valence-corrected chi connectivity index (χ3v) is 4.82. The zero-order valence-corrected chi connectivity index (χ0v) is 14.6. The number of nitrogens with zero attached hydrogens (tertiary/aromatic N) is 3. The molecule has 0 aliphatic carbocycles. The van der Waals surface area contributed by atoms with Gasteiger partial charge in [0.15, 0.2) is 5.17 Å². The Morgan fingerprint density at radius 2 is 1.75 bits per heavy atom. The minimum absolute atomic E-state index is 0.0984. The molecule has 1 aliphatic rings. The topological polar surface area (TPSA) is 45.0 Å². The van der Waals surface area contributed by atoms with Gasteiger partial charge < -0.3 is 0 Å². The number of amidine groups is 1. The third kappa shape index (κ3) is 3.57. The molecule has 0 spiro atoms. The Labute approximate surface area is 146 Å². The van der Waals surface area contributed by atoms with Gasteiger partial charge in [0.1, 0.15) is 0 Å². The van der Waals surface area contributed by atoms with Crippen LogP contribution < -0.4 is 0 Å². The van der Waals surface area contributed by atoms with E-state index in [0.29, 0.717) is 17.5 Å². The van der Waals surface area contributed by atoms with Gasteiger partial charge in [-0.05, 0) is 30.5 Å². The number of benzene rings is 2. The predicted octanol–water partition coefficient (Wildman–Crippen LogP) is 4.03. The van der Waals surface area contributed by atoms with Crippen molar-refractivity contribution in [3.8, 4) is 11.1 Å². The molecular weight excluding hydrogens is 318 g/mol. The van der Waals surface area contributed by atoms with Crippen LogP contribution in [0.4, 0.5) is 0 Å². The van der Waals surface area contributed by atoms with Crippen LogP contribution in [-0.2, 0) is 4.79 Å². The van der Waals surface area contributed by atoms with Gasteiger partial charge in [-0.1, -0.05) is 66.4 Å². The Morgan fingerprint density at radius 3 is 2.42 bits per heavy atom. The maximum absolute atomic E-state index is 11.7. The van der Waals surface area contributed by atoms with Crippen LogP contribution in [0.5, 0.6) is 0 Å². The third-order valence-electron chi connectivity index (χ3n) is 3.87. The van der Waals surface area contributed by atoms with E-state index in [1.807, 2.05) is 44.2 Å². The van der Waals surface area contributed by atoms with Crippen molar-refractivity contribution in [3.63, 3.8) is 0 Å². The van der Waals surface area contributed by atoms with E-state index < -0.39 is 0 Å². The number of carbonyl (C=O) groups is 1. The minimum atomic E-state index is 0.0984. The largest absolute Gasteiger partial charge is 0.289 e. The fourth-order valence-corrected chi connectivity index (χ4v) is 3.39. The summed E-state index contributed by atoms with van der Waals surface area (Å²) < 4.78 is 0. The van der Waals surface area contributed by atoms with Gasteiger partial charge in [0, 0.05) is 6.54 Å². The van der Waals surface area contributed by atoms with Crippen LogP contribution in [0.3, 0.4) is 0 Å². The van der Waals surface area contributed by atoms with E-state index in [4.69, 9.17) is 0 Å². The standard InChI is InChI=1S/C19H19N3OS/c1-3-22-18(23)13-24-19(22)21-20-14(2)15-9-11-17(12-10-15)16-7-5-4-6-8-16/h4-12H,3,13H2,1-2H3/b20-14-,21-19+. The molecule has 2 aromatic carbocycles. The molecule has 1 aliphatic heterocycles. The first kappa shape index (κ1) is 16.5. The molecule has 0 aromatic heterocycles. The summed E-state index contributed by atoms with van der Waals surface area (Å²) >= 11 is 1.44. The summed E-state index contributed by atoms with van der Waals surface area (Å²) in [6.45, 7) is 4.50. The molecule has 122 valence electrons. The highest BCUT2D eigenvalue weighted by atomic mass is 32.2. The van der Waals surface area contributed by atoms with Gasteiger partial charge in [0.2, 0.25) is 5.91 Å². The van der Waals surface area contributed by atoms with Gasteiger partial charge in [-0.2, -0.15) is 5.10 Å². The van der Waals surface area contributed by atoms with Crippen LogP contribution in [0, 0.1) is 0 Å². The van der Waals surface area contributed by atoms with Crippen LogP contribution in [-0.4, -0.2) is 34.0 Å². The second-order valence-corrected chi connectivity index (χ2v) is 6.38. The lowest BCUT2D eigenvalue weighted by Crippen LogP contribution is -2.28. The molecule has 24 heavy (non-hydrogen) atoms. The van der Waals surface area contributed by atoms with E-state index in [9.17, 15) is 4.79 Å². The molecule has 0 saturated carbocycles. The maximum Gasteiger partial charge on any atom is 0.239 e. The summed E-state index contributed by atoms with van der Waals surface area (Å²) in [4.78, 5) is 13.3. The van der Waals surface area contributed by atoms with Crippen LogP contribution in [0.15, 0.2) is 64.8 Å². The Hall–Kier alpha value is -2.40. The molecule has 0 bridgehead atoms. The molecule has 1 saturated heterocycles. The molecule has 2 aromatic rings. The van der Waals surface area contributed by atoms with Gasteiger partial charge in [-0.15, -0.1) is 5.10 Å². The van der Waals surface area contributed by atoms with Crippen molar-refractivity contribution in [1.82, 2.24) is 4.90 Å². The van der Waals surface area contributed by atoms with Crippen LogP contribution in [0.2, 0.25) is 0 Å². The SMILES string of the molecule is CCN1C(=O)CS/C1=N/N=C(/C)c1ccc(-c2ccccc2)cc1. The van der Waals surface area contributed by atoms with Crippen molar-refractivity contribution < 1.29 is 4.79 Å². The normalized spacial score (nSPS) is 16.9. The summed E-state index contributed by atoms with van der Waals surface area (Å²) in [5.41, 5.74) is 4.22. The molecule has 0 unspecified atom stereocenters. The highest BCUT2D eigenvalue weighted by molar-refractivity contribution is 8.15. The molecule has 1 amide bonds. The second-order valence-electron chi connectivity index (χ2n) is 5.44. The lowest BCUT2D eigenvalue weighted by molar-refractivity contribution is -0.123. The molecule has 1 heterocycles. The molecule has 0 N–H and O–H groups in total. The average Bonchev–Trinajstić information content (AvgIpc) is 3.00. The van der Waals surface area contributed by atoms with Gasteiger partial charge in [-0.25, -0.2) is 0 Å². The van der Waals surface area contributed by atoms with E-state index in [-0.39, 0.29) is 5.91 Å². The monoisotopic (exact) mass is 337 g/mol. The summed E-state index contributed by atoms with van der Waals surface area (Å²) in [7, 11) is 0. The molecule has 5 heteroatoms. The van der Waals surface area contributed by atoms with Crippen molar-refractivity contribution in [2.45, 2.75) is 13.8 Å². The smallest absolute Gasteiger partial charge is 0.239 e. The van der Waals surface area contributed by atoms with E-state index >= 15 is 0 Å². The van der Waals surface area contributed by atoms with Gasteiger partial charge in [0.25, 0.3) is 0 Å². The lowest BCUT2D eigenvalue weighted by Gasteiger charge is -2.11. The number of rotatable bonds is 4. The average molecular weight is 337 g/mol. The first-order valence-electron chi connectivity index (χ1n) is 7.90. The summed E-state index contributed by atoms with van der Waals surface area (Å²) in [6.07, 6.45) is 0. The lowest BCUT2D eigenvalue weighted by atomic mass is 10.0. The van der Waals surface area contributed by atoms with Crippen LogP contribution in [0.1, 0.15) is 19.4 Å². The van der Waals surface area contributed by atoms with Gasteiger partial charge >= 0.3 is 0 Å². The first-order chi connectivity index (χ1) is 11.7. The zero-order valence-electron chi connectivity index (χ0n) is 13.8. The molecule has 0 radical (unpaired) electrons. The second kappa shape index (κ2) is 7.45. The number of hydrogen-bond acceptors (Lipinski definition) is 4. The van der Waals surface area contributed by atoms with E-state index in [1.165, 1.54) is 22.9 Å². The van der Waals surface area contributed by atoms with E-state index in [1.54, 1.807) is 4.90 Å². The molecule has 4 nitrogen and oxygen atoms in total. The molecule has 0 atom stereocenters.